The standard InChI is InChI=1S/C21H17F2N3O3/c1-11-8-13(21-28-12(2)29-21)6-7-14(11)17-9-25-18(10-24-17)26-20(27)19-15(22)4-3-5-16(19)23/h3-10,12,21H,1-2H3,(H,25,26,27). The SMILES string of the molecule is Cc1cc(C2OC(C)O2)ccc1-c1cnc(NC(=O)c2c(F)cccc2F)cn1. The Bertz CT molecular complexity index is 1050. The Kier molecular flexibility index (Phi) is 5.04. The monoisotopic (exact) mass is 397 g/mol. The summed E-state index contributed by atoms with van der Waals surface area (Å²) in [5.41, 5.74) is 2.64. The molecule has 6 nitrogen and oxygen atoms in total. The third kappa shape index (κ3) is 3.85. The summed E-state index contributed by atoms with van der Waals surface area (Å²) in [4.78, 5) is 20.6. The van der Waals surface area contributed by atoms with Crippen LogP contribution in [0.1, 0.15) is 34.7 Å². The van der Waals surface area contributed by atoms with Crippen molar-refractivity contribution in [3.8, 4) is 11.3 Å². The maximum atomic E-state index is 13.7. The normalized spacial score (nSPS) is 18.2. The third-order valence-corrected chi connectivity index (χ3v) is 4.51. The van der Waals surface area contributed by atoms with E-state index in [0.717, 1.165) is 28.8 Å². The lowest BCUT2D eigenvalue weighted by Crippen LogP contribution is -2.31. The molecule has 2 aromatic carbocycles. The first-order chi connectivity index (χ1) is 13.9. The van der Waals surface area contributed by atoms with Crippen LogP contribution in [0.3, 0.4) is 0 Å². The van der Waals surface area contributed by atoms with E-state index in [0.29, 0.717) is 5.69 Å². The highest BCUT2D eigenvalue weighted by Crippen LogP contribution is 2.33. The lowest BCUT2D eigenvalue weighted by Gasteiger charge is -2.34. The van der Waals surface area contributed by atoms with Crippen LogP contribution in [0.5, 0.6) is 0 Å². The molecule has 148 valence electrons. The minimum absolute atomic E-state index is 0.0842. The highest BCUT2D eigenvalue weighted by Gasteiger charge is 2.28. The number of benzene rings is 2. The maximum Gasteiger partial charge on any atom is 0.262 e. The van der Waals surface area contributed by atoms with E-state index in [9.17, 15) is 13.6 Å². The number of carbonyl (C=O) groups is 1. The van der Waals surface area contributed by atoms with Gasteiger partial charge in [0.25, 0.3) is 5.91 Å². The van der Waals surface area contributed by atoms with Gasteiger partial charge in [0.05, 0.1) is 18.1 Å². The number of amides is 1. The Morgan fingerprint density at radius 1 is 1.07 bits per heavy atom. The molecule has 29 heavy (non-hydrogen) atoms. The van der Waals surface area contributed by atoms with Gasteiger partial charge in [-0.15, -0.1) is 0 Å². The summed E-state index contributed by atoms with van der Waals surface area (Å²) in [5.74, 6) is -2.74. The quantitative estimate of drug-likeness (QED) is 0.708. The van der Waals surface area contributed by atoms with Crippen LogP contribution in [0, 0.1) is 18.6 Å². The average molecular weight is 397 g/mol. The number of nitrogens with zero attached hydrogens (tertiary/aromatic N) is 2. The predicted octanol–water partition coefficient (Wildman–Crippen LogP) is 4.37. The molecule has 1 aliphatic heterocycles. The van der Waals surface area contributed by atoms with Crippen LogP contribution in [-0.4, -0.2) is 22.2 Å². The number of nitrogens with one attached hydrogen (secondary N) is 1. The predicted molar refractivity (Wildman–Crippen MR) is 101 cm³/mol. The van der Waals surface area contributed by atoms with Gasteiger partial charge in [-0.2, -0.15) is 0 Å². The molecule has 0 saturated carbocycles. The minimum atomic E-state index is -0.948. The lowest BCUT2D eigenvalue weighted by atomic mass is 10.0. The largest absolute Gasteiger partial charge is 0.320 e. The molecule has 1 aliphatic rings. The smallest absolute Gasteiger partial charge is 0.262 e. The van der Waals surface area contributed by atoms with Gasteiger partial charge < -0.3 is 14.8 Å². The Hall–Kier alpha value is -3.23. The number of ether oxygens (including phenoxy) is 2. The zero-order valence-electron chi connectivity index (χ0n) is 15.6. The molecule has 4 rings (SSSR count). The Balaban J connectivity index is 1.50. The van der Waals surface area contributed by atoms with Gasteiger partial charge >= 0.3 is 0 Å². The van der Waals surface area contributed by atoms with Gasteiger partial charge in [0, 0.05) is 11.1 Å². The van der Waals surface area contributed by atoms with Gasteiger partial charge in [-0.05, 0) is 31.5 Å². The second-order valence-corrected chi connectivity index (χ2v) is 6.58. The number of rotatable bonds is 4. The molecule has 1 amide bonds. The van der Waals surface area contributed by atoms with Crippen LogP contribution in [-0.2, 0) is 9.47 Å². The molecular weight excluding hydrogens is 380 g/mol. The number of carbonyl (C=O) groups excluding carboxylic acids is 1. The zero-order chi connectivity index (χ0) is 20.5. The van der Waals surface area contributed by atoms with E-state index < -0.39 is 23.1 Å². The Morgan fingerprint density at radius 3 is 2.38 bits per heavy atom. The molecule has 0 spiro atoms. The number of aromatic nitrogens is 2. The van der Waals surface area contributed by atoms with E-state index in [-0.39, 0.29) is 18.4 Å². The summed E-state index contributed by atoms with van der Waals surface area (Å²) in [6.07, 6.45) is 2.25. The molecule has 8 heteroatoms. The van der Waals surface area contributed by atoms with E-state index in [1.165, 1.54) is 18.5 Å². The molecule has 0 unspecified atom stereocenters. The first-order valence-corrected chi connectivity index (χ1v) is 8.91. The molecule has 1 saturated heterocycles. The van der Waals surface area contributed by atoms with Crippen molar-refractivity contribution in [2.75, 3.05) is 5.32 Å². The van der Waals surface area contributed by atoms with E-state index in [4.69, 9.17) is 9.47 Å². The fraction of sp³-hybridized carbons (Fsp3) is 0.190. The van der Waals surface area contributed by atoms with Crippen molar-refractivity contribution in [2.24, 2.45) is 0 Å². The van der Waals surface area contributed by atoms with Crippen molar-refractivity contribution in [1.82, 2.24) is 9.97 Å². The number of hydrogen-bond donors (Lipinski definition) is 1. The molecule has 0 bridgehead atoms. The number of anilines is 1. The molecule has 0 atom stereocenters. The molecule has 0 radical (unpaired) electrons. The minimum Gasteiger partial charge on any atom is -0.320 e. The van der Waals surface area contributed by atoms with E-state index in [2.05, 4.69) is 15.3 Å². The Morgan fingerprint density at radius 2 is 1.79 bits per heavy atom. The average Bonchev–Trinajstić information content (AvgIpc) is 2.66. The van der Waals surface area contributed by atoms with E-state index in [1.807, 2.05) is 32.0 Å². The number of hydrogen-bond acceptors (Lipinski definition) is 5. The number of halogens is 2. The van der Waals surface area contributed by atoms with Gasteiger partial charge in [-0.25, -0.2) is 13.8 Å². The third-order valence-electron chi connectivity index (χ3n) is 4.51. The van der Waals surface area contributed by atoms with Crippen molar-refractivity contribution in [3.05, 3.63) is 77.1 Å². The molecule has 1 N–H and O–H groups in total. The van der Waals surface area contributed by atoms with Crippen LogP contribution in [0.25, 0.3) is 11.3 Å². The van der Waals surface area contributed by atoms with Crippen molar-refractivity contribution >= 4 is 11.7 Å². The highest BCUT2D eigenvalue weighted by atomic mass is 19.1. The van der Waals surface area contributed by atoms with Crippen molar-refractivity contribution < 1.29 is 23.0 Å². The summed E-state index contributed by atoms with van der Waals surface area (Å²) >= 11 is 0. The molecule has 0 aliphatic carbocycles. The molecule has 1 aromatic heterocycles. The lowest BCUT2D eigenvalue weighted by molar-refractivity contribution is -0.382. The maximum absolute atomic E-state index is 13.7. The zero-order valence-corrected chi connectivity index (χ0v) is 15.6. The fourth-order valence-electron chi connectivity index (χ4n) is 3.06. The number of aryl methyl sites for hydroxylation is 1. The summed E-state index contributed by atoms with van der Waals surface area (Å²) in [7, 11) is 0. The molecular formula is C21H17F2N3O3. The van der Waals surface area contributed by atoms with Crippen molar-refractivity contribution in [3.63, 3.8) is 0 Å². The highest BCUT2D eigenvalue weighted by molar-refractivity contribution is 6.04. The fourth-order valence-corrected chi connectivity index (χ4v) is 3.06. The molecule has 3 aromatic rings. The molecule has 1 fully saturated rings. The van der Waals surface area contributed by atoms with E-state index >= 15 is 0 Å². The van der Waals surface area contributed by atoms with Crippen LogP contribution >= 0.6 is 0 Å². The summed E-state index contributed by atoms with van der Waals surface area (Å²) in [6, 6.07) is 8.94. The Labute approximate surface area is 165 Å². The summed E-state index contributed by atoms with van der Waals surface area (Å²) < 4.78 is 38.4. The van der Waals surface area contributed by atoms with E-state index in [1.54, 1.807) is 0 Å². The summed E-state index contributed by atoms with van der Waals surface area (Å²) in [5, 5.41) is 2.35. The van der Waals surface area contributed by atoms with Gasteiger partial charge in [0.15, 0.2) is 18.4 Å². The first kappa shape index (κ1) is 19.1. The van der Waals surface area contributed by atoms with Crippen molar-refractivity contribution in [1.29, 1.82) is 0 Å². The topological polar surface area (TPSA) is 73.3 Å². The van der Waals surface area contributed by atoms with Crippen LogP contribution in [0.2, 0.25) is 0 Å². The second kappa shape index (κ2) is 7.65. The molecule has 2 heterocycles. The van der Waals surface area contributed by atoms with Crippen LogP contribution in [0.4, 0.5) is 14.6 Å². The van der Waals surface area contributed by atoms with Crippen LogP contribution < -0.4 is 5.32 Å². The van der Waals surface area contributed by atoms with Gasteiger partial charge in [-0.3, -0.25) is 9.78 Å². The van der Waals surface area contributed by atoms with Gasteiger partial charge in [0.2, 0.25) is 0 Å². The summed E-state index contributed by atoms with van der Waals surface area (Å²) in [6.45, 7) is 3.76. The van der Waals surface area contributed by atoms with Gasteiger partial charge in [0.1, 0.15) is 17.2 Å². The first-order valence-electron chi connectivity index (χ1n) is 8.91. The van der Waals surface area contributed by atoms with Gasteiger partial charge in [-0.1, -0.05) is 24.3 Å². The second-order valence-electron chi connectivity index (χ2n) is 6.58. The van der Waals surface area contributed by atoms with Crippen molar-refractivity contribution in [2.45, 2.75) is 26.4 Å². The van der Waals surface area contributed by atoms with Crippen LogP contribution in [0.15, 0.2) is 48.8 Å².